The highest BCUT2D eigenvalue weighted by atomic mass is 15.2. The van der Waals surface area contributed by atoms with Crippen LogP contribution in [0.3, 0.4) is 0 Å². The Bertz CT molecular complexity index is 205. The summed E-state index contributed by atoms with van der Waals surface area (Å²) >= 11 is 0. The third-order valence-corrected chi connectivity index (χ3v) is 3.83. The van der Waals surface area contributed by atoms with Gasteiger partial charge in [0.2, 0.25) is 0 Å². The molecule has 1 unspecified atom stereocenters. The molecule has 0 radical (unpaired) electrons. The summed E-state index contributed by atoms with van der Waals surface area (Å²) in [7, 11) is 0. The minimum absolute atomic E-state index is 0.499. The Morgan fingerprint density at radius 2 is 1.32 bits per heavy atom. The highest BCUT2D eigenvalue weighted by Crippen LogP contribution is 2.19. The third kappa shape index (κ3) is 8.28. The monoisotopic (exact) mass is 268 g/mol. The largest absolute Gasteiger partial charge is 0.360 e. The molecule has 0 heterocycles. The first-order valence-corrected chi connectivity index (χ1v) is 8.54. The molecule has 2 nitrogen and oxygen atoms in total. The fraction of sp³-hybridized carbons (Fsp3) is 0.941. The van der Waals surface area contributed by atoms with Gasteiger partial charge in [-0.05, 0) is 25.7 Å². The van der Waals surface area contributed by atoms with E-state index in [1.807, 2.05) is 0 Å². The van der Waals surface area contributed by atoms with Crippen molar-refractivity contribution >= 4 is 5.84 Å². The molecular formula is C17H36N2. The summed E-state index contributed by atoms with van der Waals surface area (Å²) in [5.74, 6) is 1.43. The van der Waals surface area contributed by atoms with Crippen LogP contribution >= 0.6 is 0 Å². The number of nitrogens with zero attached hydrogens (tertiary/aromatic N) is 1. The summed E-state index contributed by atoms with van der Waals surface area (Å²) in [4.78, 5) is 2.36. The first-order valence-electron chi connectivity index (χ1n) is 8.54. The molecular weight excluding hydrogens is 232 g/mol. The van der Waals surface area contributed by atoms with Gasteiger partial charge < -0.3 is 4.90 Å². The zero-order valence-corrected chi connectivity index (χ0v) is 13.8. The van der Waals surface area contributed by atoms with Gasteiger partial charge in [-0.25, -0.2) is 0 Å². The lowest BCUT2D eigenvalue weighted by Gasteiger charge is -2.30. The number of hydrogen-bond acceptors (Lipinski definition) is 1. The molecule has 0 spiro atoms. The topological polar surface area (TPSA) is 27.1 Å². The van der Waals surface area contributed by atoms with E-state index >= 15 is 0 Å². The van der Waals surface area contributed by atoms with Gasteiger partial charge in [-0.1, -0.05) is 59.8 Å². The van der Waals surface area contributed by atoms with Crippen molar-refractivity contribution in [2.75, 3.05) is 13.1 Å². The van der Waals surface area contributed by atoms with E-state index in [0.29, 0.717) is 5.92 Å². The Balaban J connectivity index is 4.48. The maximum Gasteiger partial charge on any atom is 0.0989 e. The van der Waals surface area contributed by atoms with E-state index in [9.17, 15) is 0 Å². The molecule has 0 saturated carbocycles. The van der Waals surface area contributed by atoms with E-state index < -0.39 is 0 Å². The van der Waals surface area contributed by atoms with E-state index in [1.165, 1.54) is 57.8 Å². The summed E-state index contributed by atoms with van der Waals surface area (Å²) in [6.45, 7) is 11.1. The maximum absolute atomic E-state index is 8.57. The zero-order chi connectivity index (χ0) is 14.5. The molecule has 1 N–H and O–H groups in total. The third-order valence-electron chi connectivity index (χ3n) is 3.83. The Hall–Kier alpha value is -0.530. The van der Waals surface area contributed by atoms with Crippen LogP contribution in [0.5, 0.6) is 0 Å². The first kappa shape index (κ1) is 18.5. The van der Waals surface area contributed by atoms with Crippen LogP contribution in [0.1, 0.15) is 85.5 Å². The van der Waals surface area contributed by atoms with Gasteiger partial charge in [0.1, 0.15) is 0 Å². The van der Waals surface area contributed by atoms with Gasteiger partial charge in [0.05, 0.1) is 5.84 Å². The van der Waals surface area contributed by atoms with Crippen LogP contribution in [-0.2, 0) is 0 Å². The lowest BCUT2D eigenvalue weighted by molar-refractivity contribution is 0.360. The highest BCUT2D eigenvalue weighted by Gasteiger charge is 2.18. The van der Waals surface area contributed by atoms with Gasteiger partial charge in [-0.15, -0.1) is 0 Å². The van der Waals surface area contributed by atoms with Crippen LogP contribution in [0.4, 0.5) is 0 Å². The Morgan fingerprint density at radius 1 is 0.789 bits per heavy atom. The van der Waals surface area contributed by atoms with Crippen molar-refractivity contribution in [3.05, 3.63) is 0 Å². The molecule has 114 valence electrons. The Kier molecular flexibility index (Phi) is 12.2. The molecule has 0 aromatic carbocycles. The molecule has 0 aromatic heterocycles. The Morgan fingerprint density at radius 3 is 1.74 bits per heavy atom. The number of rotatable bonds is 12. The molecule has 0 bridgehead atoms. The lowest BCUT2D eigenvalue weighted by Crippen LogP contribution is -2.37. The molecule has 0 aliphatic rings. The second-order valence-corrected chi connectivity index (χ2v) is 5.71. The SMILES string of the molecule is CCCCC(CCC)C(=N)N(CCCC)CCCC. The predicted octanol–water partition coefficient (Wildman–Crippen LogP) is 5.47. The van der Waals surface area contributed by atoms with Gasteiger partial charge in [-0.2, -0.15) is 0 Å². The minimum atomic E-state index is 0.499. The summed E-state index contributed by atoms with van der Waals surface area (Å²) in [5.41, 5.74) is 0. The van der Waals surface area contributed by atoms with Crippen LogP contribution < -0.4 is 0 Å². The van der Waals surface area contributed by atoms with Crippen molar-refractivity contribution in [3.63, 3.8) is 0 Å². The zero-order valence-electron chi connectivity index (χ0n) is 13.8. The smallest absolute Gasteiger partial charge is 0.0989 e. The lowest BCUT2D eigenvalue weighted by atomic mass is 9.94. The van der Waals surface area contributed by atoms with Crippen LogP contribution in [0.25, 0.3) is 0 Å². The van der Waals surface area contributed by atoms with E-state index in [1.54, 1.807) is 0 Å². The quantitative estimate of drug-likeness (QED) is 0.368. The first-order chi connectivity index (χ1) is 9.21. The fourth-order valence-electron chi connectivity index (χ4n) is 2.53. The molecule has 0 amide bonds. The summed E-state index contributed by atoms with van der Waals surface area (Å²) in [6, 6.07) is 0. The molecule has 0 rings (SSSR count). The number of amidine groups is 1. The van der Waals surface area contributed by atoms with E-state index in [2.05, 4.69) is 32.6 Å². The van der Waals surface area contributed by atoms with Gasteiger partial charge in [0, 0.05) is 19.0 Å². The molecule has 2 heteroatoms. The molecule has 0 aliphatic carbocycles. The molecule has 0 saturated heterocycles. The molecule has 0 aliphatic heterocycles. The number of hydrogen-bond donors (Lipinski definition) is 1. The second-order valence-electron chi connectivity index (χ2n) is 5.71. The van der Waals surface area contributed by atoms with Gasteiger partial charge >= 0.3 is 0 Å². The van der Waals surface area contributed by atoms with Crippen LogP contribution in [0.2, 0.25) is 0 Å². The van der Waals surface area contributed by atoms with Crippen molar-refractivity contribution in [1.82, 2.24) is 4.90 Å². The van der Waals surface area contributed by atoms with E-state index in [-0.39, 0.29) is 0 Å². The standard InChI is InChI=1S/C17H36N2/c1-5-9-13-16(12-8-4)17(18)19(14-10-6-2)15-11-7-3/h16,18H,5-15H2,1-4H3. The Labute approximate surface area is 121 Å². The van der Waals surface area contributed by atoms with Crippen molar-refractivity contribution in [1.29, 1.82) is 5.41 Å². The number of nitrogens with one attached hydrogen (secondary N) is 1. The maximum atomic E-state index is 8.57. The van der Waals surface area contributed by atoms with Crippen LogP contribution in [0.15, 0.2) is 0 Å². The average Bonchev–Trinajstić information content (AvgIpc) is 2.43. The van der Waals surface area contributed by atoms with Gasteiger partial charge in [0.25, 0.3) is 0 Å². The van der Waals surface area contributed by atoms with Crippen molar-refractivity contribution < 1.29 is 0 Å². The molecule has 0 aromatic rings. The molecule has 1 atom stereocenters. The summed E-state index contributed by atoms with van der Waals surface area (Å²) in [6.07, 6.45) is 11.0. The molecule has 0 fully saturated rings. The fourth-order valence-corrected chi connectivity index (χ4v) is 2.53. The normalized spacial score (nSPS) is 12.4. The number of unbranched alkanes of at least 4 members (excludes halogenated alkanes) is 3. The van der Waals surface area contributed by atoms with Crippen molar-refractivity contribution in [3.8, 4) is 0 Å². The van der Waals surface area contributed by atoms with E-state index in [4.69, 9.17) is 5.41 Å². The minimum Gasteiger partial charge on any atom is -0.360 e. The average molecular weight is 268 g/mol. The van der Waals surface area contributed by atoms with Gasteiger partial charge in [-0.3, -0.25) is 5.41 Å². The van der Waals surface area contributed by atoms with Crippen molar-refractivity contribution in [2.45, 2.75) is 85.5 Å². The second kappa shape index (κ2) is 12.5. The predicted molar refractivity (Wildman–Crippen MR) is 87.0 cm³/mol. The van der Waals surface area contributed by atoms with Crippen LogP contribution in [-0.4, -0.2) is 23.8 Å². The summed E-state index contributed by atoms with van der Waals surface area (Å²) < 4.78 is 0. The van der Waals surface area contributed by atoms with Crippen LogP contribution in [0, 0.1) is 11.3 Å². The van der Waals surface area contributed by atoms with E-state index in [0.717, 1.165) is 18.9 Å². The molecule has 19 heavy (non-hydrogen) atoms. The van der Waals surface area contributed by atoms with Gasteiger partial charge in [0.15, 0.2) is 0 Å². The summed E-state index contributed by atoms with van der Waals surface area (Å²) in [5, 5.41) is 8.57. The van der Waals surface area contributed by atoms with Crippen molar-refractivity contribution in [2.24, 2.45) is 5.92 Å². The highest BCUT2D eigenvalue weighted by molar-refractivity contribution is 5.81.